The van der Waals surface area contributed by atoms with E-state index in [0.29, 0.717) is 37.4 Å². The fourth-order valence-corrected chi connectivity index (χ4v) is 8.07. The minimum Gasteiger partial charge on any atom is -0.504 e. The van der Waals surface area contributed by atoms with Gasteiger partial charge >= 0.3 is 0 Å². The number of aliphatic hydroxyl groups is 3. The molecule has 2 aromatic heterocycles. The second-order valence-corrected chi connectivity index (χ2v) is 14.8. The molecule has 8 heteroatoms. The molecule has 6 rings (SSSR count). The van der Waals surface area contributed by atoms with Gasteiger partial charge in [0.2, 0.25) is 0 Å². The van der Waals surface area contributed by atoms with Crippen molar-refractivity contribution in [3.8, 4) is 23.3 Å². The molecule has 0 fully saturated rings. The predicted molar refractivity (Wildman–Crippen MR) is 205 cm³/mol. The molecule has 2 aromatic carbocycles. The molecule has 0 radical (unpaired) electrons. The molecular weight excluding hydrogens is 651 g/mol. The van der Waals surface area contributed by atoms with Crippen molar-refractivity contribution in [3.05, 3.63) is 120 Å². The molecule has 4 aromatic rings. The minimum atomic E-state index is -0.779. The Morgan fingerprint density at radius 3 is 2.54 bits per heavy atom. The largest absolute Gasteiger partial charge is 0.504 e. The van der Waals surface area contributed by atoms with E-state index in [1.54, 1.807) is 18.3 Å². The molecule has 9 unspecified atom stereocenters. The van der Waals surface area contributed by atoms with Gasteiger partial charge in [-0.3, -0.25) is 0 Å². The second-order valence-electron chi connectivity index (χ2n) is 14.8. The summed E-state index contributed by atoms with van der Waals surface area (Å²) in [6, 6.07) is 23.6. The molecule has 0 amide bonds. The molecule has 9 atom stereocenters. The normalized spacial score (nSPS) is 25.1. The van der Waals surface area contributed by atoms with Gasteiger partial charge in [0.15, 0.2) is 11.5 Å². The van der Waals surface area contributed by atoms with Crippen LogP contribution in [0.5, 0.6) is 11.5 Å². The van der Waals surface area contributed by atoms with Crippen LogP contribution in [0, 0.1) is 35.5 Å². The van der Waals surface area contributed by atoms with Gasteiger partial charge < -0.3 is 35.9 Å². The van der Waals surface area contributed by atoms with Gasteiger partial charge in [0, 0.05) is 41.8 Å². The number of benzene rings is 2. The summed E-state index contributed by atoms with van der Waals surface area (Å²) in [6.45, 7) is 2.03. The molecule has 274 valence electrons. The zero-order chi connectivity index (χ0) is 36.5. The lowest BCUT2D eigenvalue weighted by Crippen LogP contribution is -2.37. The number of nitrogens with zero attached hydrogens (tertiary/aromatic N) is 1. The number of phenolic OH excluding ortho intramolecular Hbond substituents is 1. The molecule has 0 bridgehead atoms. The average molecular weight is 704 g/mol. The smallest absolute Gasteiger partial charge is 0.161 e. The number of hydrogen-bond donors (Lipinski definition) is 6. The summed E-state index contributed by atoms with van der Waals surface area (Å²) in [7, 11) is 0. The summed E-state index contributed by atoms with van der Waals surface area (Å²) < 4.78 is 6.33. The number of pyridine rings is 1. The van der Waals surface area contributed by atoms with Crippen LogP contribution in [0.3, 0.4) is 0 Å². The first-order valence-electron chi connectivity index (χ1n) is 18.8. The van der Waals surface area contributed by atoms with Gasteiger partial charge in [-0.2, -0.15) is 0 Å². The number of ether oxygens (including phenoxy) is 1. The fraction of sp³-hybridized carbons (Fsp3) is 0.432. The number of rotatable bonds is 12. The van der Waals surface area contributed by atoms with Crippen LogP contribution < -0.4 is 10.5 Å². The number of H-pyrrole nitrogens is 1. The molecule has 0 saturated heterocycles. The van der Waals surface area contributed by atoms with Gasteiger partial charge in [0.1, 0.15) is 11.9 Å². The molecule has 2 aliphatic carbocycles. The standard InChI is InChI=1S/C44H53N3O5/c1-29(22-30-8-3-2-4-9-30)31-10-5-6-12-40(50)44-32(14-13-31)15-16-33(25-41(44)51)34-17-18-39(49)42(26-34)52-38(28-48)24-36(23-37-11-7-20-46-37)35-19-21-47-43(45)27-35/h2-4,7-9,11,15-21,26-27,29,31-33,36,38,40-41,44,46,48-51H,5-6,10,12,22-25,28H2,1H3,(H2,45,47). The first kappa shape index (κ1) is 37.2. The third-order valence-electron chi connectivity index (χ3n) is 11.0. The van der Waals surface area contributed by atoms with E-state index in [1.807, 2.05) is 42.6 Å². The molecule has 0 spiro atoms. The van der Waals surface area contributed by atoms with E-state index in [9.17, 15) is 20.4 Å². The van der Waals surface area contributed by atoms with Crippen molar-refractivity contribution >= 4 is 5.82 Å². The number of anilines is 1. The summed E-state index contributed by atoms with van der Waals surface area (Å²) in [5.41, 5.74) is 10.2. The minimum absolute atomic E-state index is 0.0273. The van der Waals surface area contributed by atoms with E-state index in [0.717, 1.165) is 42.5 Å². The third kappa shape index (κ3) is 9.65. The van der Waals surface area contributed by atoms with Crippen molar-refractivity contribution in [2.24, 2.45) is 23.7 Å². The predicted octanol–water partition coefficient (Wildman–Crippen LogP) is 6.92. The Balaban J connectivity index is 1.21. The van der Waals surface area contributed by atoms with Crippen molar-refractivity contribution in [1.82, 2.24) is 9.97 Å². The van der Waals surface area contributed by atoms with E-state index in [4.69, 9.17) is 10.5 Å². The zero-order valence-electron chi connectivity index (χ0n) is 30.0. The highest BCUT2D eigenvalue weighted by atomic mass is 16.5. The molecule has 52 heavy (non-hydrogen) atoms. The van der Waals surface area contributed by atoms with Crippen LogP contribution in [0.2, 0.25) is 0 Å². The Labute approximate surface area is 307 Å². The number of nitrogens with one attached hydrogen (secondary N) is 1. The Morgan fingerprint density at radius 1 is 0.942 bits per heavy atom. The molecule has 0 aliphatic heterocycles. The molecular formula is C44H53N3O5. The summed E-state index contributed by atoms with van der Waals surface area (Å²) in [5, 5.41) is 44.4. The van der Waals surface area contributed by atoms with Crippen LogP contribution in [0.4, 0.5) is 5.82 Å². The van der Waals surface area contributed by atoms with Gasteiger partial charge in [-0.25, -0.2) is 4.98 Å². The second kappa shape index (κ2) is 17.8. The van der Waals surface area contributed by atoms with Crippen molar-refractivity contribution in [2.45, 2.75) is 88.4 Å². The Morgan fingerprint density at radius 2 is 1.77 bits per heavy atom. The molecule has 0 saturated carbocycles. The summed E-state index contributed by atoms with van der Waals surface area (Å²) in [5.74, 6) is 7.50. The van der Waals surface area contributed by atoms with Gasteiger partial charge in [0.05, 0.1) is 18.8 Å². The average Bonchev–Trinajstić information content (AvgIpc) is 3.60. The van der Waals surface area contributed by atoms with Crippen LogP contribution in [-0.4, -0.2) is 55.3 Å². The molecule has 2 aliphatic rings. The Hall–Kier alpha value is -4.55. The highest BCUT2D eigenvalue weighted by molar-refractivity contribution is 5.44. The third-order valence-corrected chi connectivity index (χ3v) is 11.0. The van der Waals surface area contributed by atoms with Gasteiger partial charge in [0.25, 0.3) is 0 Å². The van der Waals surface area contributed by atoms with Gasteiger partial charge in [-0.15, -0.1) is 0 Å². The Kier molecular flexibility index (Phi) is 12.7. The lowest BCUT2D eigenvalue weighted by atomic mass is 9.78. The summed E-state index contributed by atoms with van der Waals surface area (Å²) in [4.78, 5) is 7.41. The fourth-order valence-electron chi connectivity index (χ4n) is 8.07. The quantitative estimate of drug-likeness (QED) is 0.0694. The number of aromatic nitrogens is 2. The lowest BCUT2D eigenvalue weighted by Gasteiger charge is -2.31. The van der Waals surface area contributed by atoms with Gasteiger partial charge in [-0.05, 0) is 103 Å². The van der Waals surface area contributed by atoms with E-state index in [-0.39, 0.29) is 41.8 Å². The Bertz CT molecular complexity index is 1800. The van der Waals surface area contributed by atoms with Crippen molar-refractivity contribution in [2.75, 3.05) is 12.3 Å². The number of phenols is 1. The number of aromatic hydroxyl groups is 1. The SMILES string of the molecule is CC(Cc1ccccc1)C1C#CC2C=CC(c3ccc(O)c(OC(CO)CC(Cc4ccc[nH]4)c4ccnc(N)c4)c3)CC(O)C2C(O)CCCC1. The van der Waals surface area contributed by atoms with Crippen LogP contribution in [0.1, 0.15) is 79.7 Å². The molecule has 2 heterocycles. The monoisotopic (exact) mass is 703 g/mol. The van der Waals surface area contributed by atoms with E-state index in [1.165, 1.54) is 5.56 Å². The number of nitrogen functional groups attached to an aromatic ring is 1. The lowest BCUT2D eigenvalue weighted by molar-refractivity contribution is -0.00713. The maximum atomic E-state index is 11.7. The number of aromatic amines is 1. The number of hydrogen-bond acceptors (Lipinski definition) is 7. The van der Waals surface area contributed by atoms with Crippen LogP contribution in [-0.2, 0) is 12.8 Å². The summed E-state index contributed by atoms with van der Waals surface area (Å²) in [6.07, 6.45) is 11.7. The first-order chi connectivity index (χ1) is 25.3. The maximum Gasteiger partial charge on any atom is 0.161 e. The van der Waals surface area contributed by atoms with E-state index >= 15 is 0 Å². The number of fused-ring (bicyclic) bond motifs is 1. The van der Waals surface area contributed by atoms with E-state index < -0.39 is 24.2 Å². The number of aliphatic hydroxyl groups excluding tert-OH is 3. The highest BCUT2D eigenvalue weighted by Gasteiger charge is 2.36. The van der Waals surface area contributed by atoms with Crippen molar-refractivity contribution < 1.29 is 25.2 Å². The van der Waals surface area contributed by atoms with Crippen molar-refractivity contribution in [3.63, 3.8) is 0 Å². The van der Waals surface area contributed by atoms with Crippen molar-refractivity contribution in [1.29, 1.82) is 0 Å². The highest BCUT2D eigenvalue weighted by Crippen LogP contribution is 2.40. The number of nitrogens with two attached hydrogens (primary N) is 1. The number of allylic oxidation sites excluding steroid dienone is 2. The topological polar surface area (TPSA) is 145 Å². The molecule has 8 nitrogen and oxygen atoms in total. The van der Waals surface area contributed by atoms with Crippen LogP contribution in [0.15, 0.2) is 97.3 Å². The molecule has 7 N–H and O–H groups in total. The van der Waals surface area contributed by atoms with Crippen LogP contribution in [0.25, 0.3) is 0 Å². The zero-order valence-corrected chi connectivity index (χ0v) is 30.0. The summed E-state index contributed by atoms with van der Waals surface area (Å²) >= 11 is 0. The maximum absolute atomic E-state index is 11.7. The van der Waals surface area contributed by atoms with E-state index in [2.05, 4.69) is 65.2 Å². The first-order valence-corrected chi connectivity index (χ1v) is 18.8. The van der Waals surface area contributed by atoms with Crippen LogP contribution >= 0.6 is 0 Å². The van der Waals surface area contributed by atoms with Gasteiger partial charge in [-0.1, -0.05) is 80.2 Å².